The molecule has 2 aromatic carbocycles. The second-order valence-corrected chi connectivity index (χ2v) is 26.7. The fraction of sp³-hybridized carbons (Fsp3) is 0.184. The van der Waals surface area contributed by atoms with Crippen molar-refractivity contribution in [3.8, 4) is 55.9 Å². The third-order valence-electron chi connectivity index (χ3n) is 17.9. The largest absolute Gasteiger partial charge is 0.354 e. The van der Waals surface area contributed by atoms with Crippen molar-refractivity contribution in [3.63, 3.8) is 0 Å². The molecule has 0 unspecified atom stereocenters. The summed E-state index contributed by atoms with van der Waals surface area (Å²) in [5.74, 6) is 0. The van der Waals surface area contributed by atoms with E-state index in [0.29, 0.717) is 5.69 Å². The summed E-state index contributed by atoms with van der Waals surface area (Å²) in [6, 6.07) is 43.5. The monoisotopic (exact) mass is 1430 g/mol. The Balaban J connectivity index is 1.02. The molecule has 0 saturated heterocycles. The van der Waals surface area contributed by atoms with Crippen LogP contribution in [0.4, 0.5) is 0 Å². The van der Waals surface area contributed by atoms with E-state index < -0.39 is 0 Å². The van der Waals surface area contributed by atoms with Gasteiger partial charge in [0.05, 0.1) is 108 Å². The molecule has 10 aromatic rings. The molecule has 4 aliphatic rings. The lowest BCUT2D eigenvalue weighted by atomic mass is 9.70. The van der Waals surface area contributed by atoms with Gasteiger partial charge in [-0.05, 0) is 244 Å². The van der Waals surface area contributed by atoms with E-state index in [1.54, 1.807) is 0 Å². The molecule has 0 radical (unpaired) electrons. The first-order valence-electron chi connectivity index (χ1n) is 31.0. The number of pyridine rings is 2. The second kappa shape index (κ2) is 25.3. The number of nitrogens with zero attached hydrogens (tertiary/aromatic N) is 6. The molecule has 4 N–H and O–H groups in total. The molecule has 11 heterocycles. The van der Waals surface area contributed by atoms with Gasteiger partial charge in [0.1, 0.15) is 0 Å². The predicted octanol–water partition coefficient (Wildman–Crippen LogP) is 22.8. The van der Waals surface area contributed by atoms with Crippen LogP contribution >= 0.6 is 63.7 Å². The van der Waals surface area contributed by atoms with Crippen molar-refractivity contribution in [2.45, 2.75) is 90.4 Å². The lowest BCUT2D eigenvalue weighted by molar-refractivity contribution is 0.401. The van der Waals surface area contributed by atoms with Crippen LogP contribution < -0.4 is 0 Å². The number of aryl methyl sites for hydroxylation is 1. The Morgan fingerprint density at radius 1 is 0.411 bits per heavy atom. The summed E-state index contributed by atoms with van der Waals surface area (Å²) in [5, 5.41) is 0. The minimum Gasteiger partial charge on any atom is -0.354 e. The van der Waals surface area contributed by atoms with E-state index in [2.05, 4.69) is 225 Å². The number of halogens is 4. The van der Waals surface area contributed by atoms with Crippen LogP contribution in [0.25, 0.3) is 143 Å². The van der Waals surface area contributed by atoms with Gasteiger partial charge in [-0.1, -0.05) is 108 Å². The third kappa shape index (κ3) is 11.0. The van der Waals surface area contributed by atoms with Crippen LogP contribution in [0.15, 0.2) is 158 Å². The standard InChI is InChI=1S/C76H64Br4N10/c1-5-8-10-14-38-76(39-15-11-9-6-2)49-42-45(68-54-24-26-58(84-54)70(52-18-12-16-40-81-52)51(7-3)83-44(4)72(77)61-34-35-65(89-61)73(78)62-31-28-56(68)86-62)20-22-47(49)48-23-21-46(43-50(48)76)69-55-25-27-59(85-55)71(53-19-13-17-41-82-53)60-30-33-64(88-60)75(80)67-37-36-66(90-67)74(79)63-32-29-57(69)87-63/h7,12-13,16-37,40-43,84,87-89H,3,5-6,8-11,14-15,38-39H2,1-2,4H3. The van der Waals surface area contributed by atoms with Gasteiger partial charge >= 0.3 is 0 Å². The Hall–Kier alpha value is -8.14. The minimum atomic E-state index is -0.321. The number of hydrogen-bond donors (Lipinski definition) is 4. The highest BCUT2D eigenvalue weighted by molar-refractivity contribution is 9.11. The molecule has 0 atom stereocenters. The number of H-pyrrole nitrogens is 4. The van der Waals surface area contributed by atoms with E-state index in [4.69, 9.17) is 29.9 Å². The van der Waals surface area contributed by atoms with Crippen LogP contribution in [-0.2, 0) is 5.41 Å². The maximum Gasteiger partial charge on any atom is 0.0801 e. The molecule has 14 rings (SSSR count). The molecule has 446 valence electrons. The molecule has 0 saturated carbocycles. The summed E-state index contributed by atoms with van der Waals surface area (Å²) < 4.78 is 3.42. The van der Waals surface area contributed by atoms with Gasteiger partial charge in [0, 0.05) is 51.1 Å². The van der Waals surface area contributed by atoms with E-state index in [0.717, 1.165) is 198 Å². The van der Waals surface area contributed by atoms with Crippen molar-refractivity contribution in [2.75, 3.05) is 0 Å². The molecule has 0 spiro atoms. The number of aromatic amines is 4. The molecule has 8 aromatic heterocycles. The van der Waals surface area contributed by atoms with Crippen molar-refractivity contribution in [2.24, 2.45) is 0 Å². The zero-order valence-corrected chi connectivity index (χ0v) is 56.6. The highest BCUT2D eigenvalue weighted by Crippen LogP contribution is 2.56. The number of fused-ring (bicyclic) bond motifs is 17. The normalized spacial score (nSPS) is 13.1. The van der Waals surface area contributed by atoms with Crippen LogP contribution in [0.5, 0.6) is 0 Å². The summed E-state index contributed by atoms with van der Waals surface area (Å²) in [6.45, 7) is 10.9. The second-order valence-electron chi connectivity index (χ2n) is 23.5. The average Bonchev–Trinajstić information content (AvgIpc) is 1.57. The first-order valence-corrected chi connectivity index (χ1v) is 34.2. The van der Waals surface area contributed by atoms with Crippen LogP contribution in [0, 0.1) is 6.92 Å². The van der Waals surface area contributed by atoms with Gasteiger partial charge in [-0.15, -0.1) is 0 Å². The van der Waals surface area contributed by atoms with E-state index in [1.807, 2.05) is 61.8 Å². The number of nitrogens with one attached hydrogen (secondary N) is 4. The fourth-order valence-corrected chi connectivity index (χ4v) is 15.2. The Kier molecular flexibility index (Phi) is 16.7. The van der Waals surface area contributed by atoms with Crippen LogP contribution in [0.2, 0.25) is 0 Å². The highest BCUT2D eigenvalue weighted by atomic mass is 79.9. The SMILES string of the molecule is C=Cc1nc(C)c(Br)c2ccc([nH]2)c(Br)c2nc(c(-c3ccc4c(c3)C(CCCCCC)(CCCCCC)c3cc(-c5c6nc(c(-c7ccccn7)c7ccc([nH]7)c(Br)c7nc(c(Br)c8ccc5[nH]8)C=C7)C=C6)ccc3-4)c3ccc([nH]3)c1-c1ccccn1)C=C2. The molecule has 3 aliphatic heterocycles. The Labute approximate surface area is 556 Å². The van der Waals surface area contributed by atoms with Gasteiger partial charge < -0.3 is 19.9 Å². The lowest BCUT2D eigenvalue weighted by Gasteiger charge is -2.33. The van der Waals surface area contributed by atoms with Gasteiger partial charge in [0.2, 0.25) is 0 Å². The maximum absolute atomic E-state index is 5.62. The molecule has 0 fully saturated rings. The molecule has 14 heteroatoms. The average molecular weight is 1440 g/mol. The quantitative estimate of drug-likeness (QED) is 0.0754. The molecule has 14 bridgehead atoms. The van der Waals surface area contributed by atoms with Crippen LogP contribution in [-0.4, -0.2) is 49.8 Å². The van der Waals surface area contributed by atoms with Gasteiger partial charge in [-0.25, -0.2) is 15.0 Å². The highest BCUT2D eigenvalue weighted by Gasteiger charge is 2.43. The topological polar surface area (TPSA) is 140 Å². The smallest absolute Gasteiger partial charge is 0.0801 e. The Morgan fingerprint density at radius 2 is 0.800 bits per heavy atom. The van der Waals surface area contributed by atoms with E-state index >= 15 is 0 Å². The zero-order valence-electron chi connectivity index (χ0n) is 50.2. The summed E-state index contributed by atoms with van der Waals surface area (Å²) in [5.41, 5.74) is 26.2. The molecule has 90 heavy (non-hydrogen) atoms. The van der Waals surface area contributed by atoms with Gasteiger partial charge in [0.25, 0.3) is 0 Å². The summed E-state index contributed by atoms with van der Waals surface area (Å²) in [7, 11) is 0. The first-order chi connectivity index (χ1) is 44.0. The molecule has 10 nitrogen and oxygen atoms in total. The van der Waals surface area contributed by atoms with Crippen molar-refractivity contribution >= 4 is 150 Å². The number of benzene rings is 2. The van der Waals surface area contributed by atoms with E-state index in [9.17, 15) is 0 Å². The first kappa shape index (κ1) is 59.5. The number of unbranched alkanes of at least 4 members (excludes halogenated alkanes) is 6. The van der Waals surface area contributed by atoms with Gasteiger partial charge in [-0.2, -0.15) is 0 Å². The van der Waals surface area contributed by atoms with Gasteiger partial charge in [0.15, 0.2) is 0 Å². The van der Waals surface area contributed by atoms with Crippen molar-refractivity contribution in [1.82, 2.24) is 49.8 Å². The summed E-state index contributed by atoms with van der Waals surface area (Å²) >= 11 is 15.8. The molecular formula is C76H64Br4N10. The van der Waals surface area contributed by atoms with Crippen LogP contribution in [0.3, 0.4) is 0 Å². The minimum absolute atomic E-state index is 0.321. The van der Waals surface area contributed by atoms with Crippen molar-refractivity contribution in [1.29, 1.82) is 0 Å². The number of aromatic nitrogens is 10. The molecule has 1 aliphatic carbocycles. The van der Waals surface area contributed by atoms with E-state index in [1.165, 1.54) is 35.1 Å². The summed E-state index contributed by atoms with van der Waals surface area (Å²) in [4.78, 5) is 46.4. The lowest BCUT2D eigenvalue weighted by Crippen LogP contribution is -2.25. The Morgan fingerprint density at radius 3 is 1.27 bits per heavy atom. The predicted molar refractivity (Wildman–Crippen MR) is 389 cm³/mol. The number of rotatable bonds is 15. The Bertz CT molecular complexity index is 4960. The molecular weight excluding hydrogens is 1370 g/mol. The summed E-state index contributed by atoms with van der Waals surface area (Å²) in [6.07, 6.45) is 29.4. The van der Waals surface area contributed by atoms with Crippen molar-refractivity contribution < 1.29 is 0 Å². The van der Waals surface area contributed by atoms with Crippen molar-refractivity contribution in [3.05, 3.63) is 215 Å². The zero-order chi connectivity index (χ0) is 61.6. The van der Waals surface area contributed by atoms with Crippen LogP contribution in [0.1, 0.15) is 135 Å². The molecule has 0 amide bonds. The third-order valence-corrected chi connectivity index (χ3v) is 21.4. The maximum atomic E-state index is 5.62. The van der Waals surface area contributed by atoms with E-state index in [-0.39, 0.29) is 5.41 Å². The van der Waals surface area contributed by atoms with Gasteiger partial charge in [-0.3, -0.25) is 15.0 Å². The fourth-order valence-electron chi connectivity index (χ4n) is 13.5. The number of hydrogen-bond acceptors (Lipinski definition) is 6.